The van der Waals surface area contributed by atoms with Crippen LogP contribution in [0.5, 0.6) is 0 Å². The molecular weight excluding hydrogens is 1560 g/mol. The van der Waals surface area contributed by atoms with Gasteiger partial charge in [-0.15, -0.1) is 11.3 Å². The number of carbonyl (C=O) groups excluding carboxylic acids is 2. The van der Waals surface area contributed by atoms with E-state index in [1.54, 1.807) is 68.8 Å². The molecule has 1 aliphatic carbocycles. The van der Waals surface area contributed by atoms with Crippen LogP contribution in [0.2, 0.25) is 0 Å². The molecular formula is C65H79N24NaO10S8. The Balaban J connectivity index is 0.000000174. The number of hydrogen-bond donors (Lipinski definition) is 13. The van der Waals surface area contributed by atoms with Gasteiger partial charge in [0.05, 0.1) is 60.1 Å². The number of nitro benzene ring substituents is 1. The number of carboxylic acids is 1. The second kappa shape index (κ2) is 41.8. The summed E-state index contributed by atoms with van der Waals surface area (Å²) in [6.45, 7) is 9.87. The fraction of sp³-hybridized carbons (Fsp3) is 0.369. The molecule has 1 saturated carbocycles. The van der Waals surface area contributed by atoms with Crippen molar-refractivity contribution >= 4 is 164 Å². The molecule has 4 fully saturated rings. The monoisotopic (exact) mass is 1630 g/mol. The quantitative estimate of drug-likeness (QED) is 0.00665. The SMILES string of the molecule is CCCCC1(CC)C(=O)NC12CCC1NC(=S)NC1C2.CNC(=O)Nc1cccc(-n2[nH]nnc2=S)c1.Cc1ccc2n[nH]nc2c1.Cc1nc(C)nc(NO)n1.O=C(O)CCCCC1CCSS1.O=S(=O)([O-])c1cccc(-n2[nH]nnc2=S)c1.O=[N+]([O-])c1ccc2[nH]ncc2c1.S=c1[nH]c2ccccc2s1.[Na+]. The standard InChI is InChI=1S/C15H25N3OS.C9H10N6OS.C8H14O2S2.C7H6N4O3S2.C7H5N3O2.C7H7N3.C7H5NS2.C5H8N4O.Na/c1-3-5-7-14(4-2)12(19)18-15(14)8-6-10-11(9-15)17-13(20)16-10;1-10-8(16)11-6-3-2-4-7(5-6)15-9(17)12-13-14-15;9-8(10)4-2-1-3-7-5-6-11-12-7;12-16(13,14)6-3-1-2-5(4-6)11-7(15)8-9-10-11;11-10(12)6-1-2-7-5(3-6)4-8-9-7;1-5-2-3-6-7(4-5)9-10-8-6;9-7-8-5-3-1-2-4-6(5)10-7;1-3-6-4(2)8-5(7-3)9-10;/h10-11H,3-9H2,1-2H3,(H,18,19)(H2,16,17,20);2-5H,1H3,(H2,10,11,16)(H,12,14,17);7H,1-6H2,(H,9,10);1-4H,(H,8,10,15)(H,12,13,14);1-4H,(H,8,9);2-4H,1H3,(H,8,9,10);1-4H,(H,8,9);10H,1-2H3,(H,6,7,8,9);/q;;;;;;;;+1/p-1. The van der Waals surface area contributed by atoms with Crippen LogP contribution in [0.25, 0.3) is 43.5 Å². The third-order valence-corrected chi connectivity index (χ3v) is 22.8. The number of fused-ring (bicyclic) bond motifs is 4. The number of tetrazole rings is 2. The van der Waals surface area contributed by atoms with Crippen molar-refractivity contribution in [2.24, 2.45) is 5.41 Å². The van der Waals surface area contributed by atoms with Gasteiger partial charge in [-0.25, -0.2) is 33.0 Å². The topological polar surface area (TPSA) is 482 Å². The van der Waals surface area contributed by atoms with Gasteiger partial charge in [-0.2, -0.15) is 40.9 Å². The Morgan fingerprint density at radius 1 is 0.806 bits per heavy atom. The third-order valence-electron chi connectivity index (χ3n) is 17.0. The number of aromatic amines is 5. The summed E-state index contributed by atoms with van der Waals surface area (Å²) in [5.74, 6) is 2.25. The first-order valence-corrected chi connectivity index (χ1v) is 39.6. The molecule has 13 N–H and O–H groups in total. The van der Waals surface area contributed by atoms with Crippen molar-refractivity contribution in [3.8, 4) is 11.4 Å². The number of nitrogens with one attached hydrogen (secondary N) is 11. The predicted octanol–water partition coefficient (Wildman–Crippen LogP) is 8.92. The number of anilines is 2. The molecule has 1 spiro atoms. The molecule has 34 nitrogen and oxygen atoms in total. The zero-order valence-corrected chi connectivity index (χ0v) is 68.2. The molecule has 43 heteroatoms. The normalized spacial score (nSPS) is 17.6. The van der Waals surface area contributed by atoms with Gasteiger partial charge in [-0.3, -0.25) is 30.0 Å². The summed E-state index contributed by atoms with van der Waals surface area (Å²) in [7, 11) is 0.986. The first-order chi connectivity index (χ1) is 51.2. The Morgan fingerprint density at radius 2 is 1.49 bits per heavy atom. The molecule has 4 aliphatic rings. The Bertz CT molecular complexity index is 5070. The van der Waals surface area contributed by atoms with Crippen molar-refractivity contribution in [2.75, 3.05) is 23.6 Å². The minimum absolute atomic E-state index is 0. The Kier molecular flexibility index (Phi) is 33.5. The summed E-state index contributed by atoms with van der Waals surface area (Å²) in [6, 6.07) is 31.7. The number of nitrogens with zero attached hydrogens (tertiary/aromatic N) is 13. The van der Waals surface area contributed by atoms with Crippen molar-refractivity contribution in [2.45, 2.75) is 139 Å². The predicted molar refractivity (Wildman–Crippen MR) is 420 cm³/mol. The summed E-state index contributed by atoms with van der Waals surface area (Å²) in [5.41, 5.74) is 8.58. The number of thiocarbonyl (C=S) groups is 1. The second-order valence-electron chi connectivity index (χ2n) is 24.2. The molecule has 5 unspecified atom stereocenters. The Labute approximate surface area is 674 Å². The minimum Gasteiger partial charge on any atom is -0.744 e. The molecule has 15 rings (SSSR count). The first kappa shape index (κ1) is 86.6. The van der Waals surface area contributed by atoms with E-state index in [-0.39, 0.29) is 73.8 Å². The van der Waals surface area contributed by atoms with Crippen molar-refractivity contribution in [3.05, 3.63) is 156 Å². The van der Waals surface area contributed by atoms with E-state index in [1.807, 2.05) is 76.5 Å². The summed E-state index contributed by atoms with van der Waals surface area (Å²) >= 11 is 21.6. The van der Waals surface area contributed by atoms with Crippen molar-refractivity contribution in [3.63, 3.8) is 0 Å². The van der Waals surface area contributed by atoms with Crippen LogP contribution in [0.3, 0.4) is 0 Å². The van der Waals surface area contributed by atoms with Gasteiger partial charge >= 0.3 is 41.6 Å². The summed E-state index contributed by atoms with van der Waals surface area (Å²) in [4.78, 5) is 57.8. The number of benzene rings is 5. The maximum absolute atomic E-state index is 12.3. The largest absolute Gasteiger partial charge is 1.00 e. The van der Waals surface area contributed by atoms with Crippen molar-refractivity contribution < 1.29 is 72.1 Å². The molecule has 568 valence electrons. The van der Waals surface area contributed by atoms with Crippen LogP contribution >= 0.6 is 81.8 Å². The number of H-pyrrole nitrogens is 5. The number of aryl methyl sites for hydroxylation is 3. The van der Waals surface area contributed by atoms with E-state index in [0.717, 1.165) is 105 Å². The summed E-state index contributed by atoms with van der Waals surface area (Å²) in [5, 5.41) is 80.8. The molecule has 9 heterocycles. The van der Waals surface area contributed by atoms with E-state index in [9.17, 15) is 37.5 Å². The number of carbonyl (C=O) groups is 3. The molecule has 3 aliphatic heterocycles. The Morgan fingerprint density at radius 3 is 2.10 bits per heavy atom. The average molecular weight is 1640 g/mol. The van der Waals surface area contributed by atoms with E-state index < -0.39 is 21.0 Å². The van der Waals surface area contributed by atoms with E-state index in [0.29, 0.717) is 46.3 Å². The number of aliphatic carboxylic acids is 1. The fourth-order valence-electron chi connectivity index (χ4n) is 11.8. The molecule has 0 bridgehead atoms. The number of unbranched alkanes of at least 4 members (excludes halogenated alkanes) is 2. The number of β-lactam (4-membered cyclic amide) rings is 1. The van der Waals surface area contributed by atoms with Crippen LogP contribution in [0.4, 0.5) is 22.1 Å². The van der Waals surface area contributed by atoms with Crippen LogP contribution in [0.1, 0.15) is 108 Å². The minimum atomic E-state index is -4.48. The second-order valence-corrected chi connectivity index (χ2v) is 31.3. The molecule has 3 saturated heterocycles. The number of rotatable bonds is 15. The van der Waals surface area contributed by atoms with Gasteiger partial charge in [0.15, 0.2) is 9.07 Å². The van der Waals surface area contributed by atoms with Crippen molar-refractivity contribution in [1.29, 1.82) is 0 Å². The van der Waals surface area contributed by atoms with Gasteiger partial charge in [0.2, 0.25) is 21.4 Å². The number of hydrogen-bond acceptors (Lipinski definition) is 27. The van der Waals surface area contributed by atoms with E-state index >= 15 is 0 Å². The number of amides is 3. The van der Waals surface area contributed by atoms with Gasteiger partial charge in [0, 0.05) is 53.7 Å². The fourth-order valence-corrected chi connectivity index (χ4v) is 17.1. The van der Waals surface area contributed by atoms with Gasteiger partial charge < -0.3 is 41.2 Å². The molecule has 6 aromatic heterocycles. The number of aromatic nitrogens is 17. The summed E-state index contributed by atoms with van der Waals surface area (Å²) in [6.07, 6.45) is 13.8. The number of urea groups is 1. The number of nitro groups is 1. The van der Waals surface area contributed by atoms with E-state index in [4.69, 9.17) is 59.2 Å². The number of non-ortho nitro benzene ring substituents is 1. The average Bonchev–Trinajstić information content (AvgIpc) is 0.710. The maximum atomic E-state index is 12.3. The van der Waals surface area contributed by atoms with E-state index in [2.05, 4.69) is 123 Å². The first-order valence-electron chi connectivity index (χ1n) is 33.3. The molecule has 5 atom stereocenters. The van der Waals surface area contributed by atoms with Crippen LogP contribution < -0.4 is 61.6 Å². The van der Waals surface area contributed by atoms with Crippen LogP contribution in [-0.4, -0.2) is 173 Å². The molecule has 0 radical (unpaired) electrons. The van der Waals surface area contributed by atoms with Crippen LogP contribution in [-0.2, 0) is 19.7 Å². The molecule has 3 amide bonds. The molecule has 108 heavy (non-hydrogen) atoms. The molecule has 11 aromatic rings. The zero-order valence-electron chi connectivity index (χ0n) is 59.6. The third kappa shape index (κ3) is 24.7. The maximum Gasteiger partial charge on any atom is 1.00 e. The number of thiazole rings is 1. The van der Waals surface area contributed by atoms with Crippen LogP contribution in [0, 0.1) is 49.8 Å². The number of carboxylic acid groups (broad SMARTS) is 1. The van der Waals surface area contributed by atoms with Gasteiger partial charge in [-0.1, -0.05) is 106 Å². The van der Waals surface area contributed by atoms with E-state index in [1.165, 1.54) is 68.6 Å². The van der Waals surface area contributed by atoms with Gasteiger partial charge in [0.25, 0.3) is 5.69 Å². The Hall–Kier alpha value is -8.66. The van der Waals surface area contributed by atoms with Gasteiger partial charge in [-0.05, 0) is 193 Å². The number of para-hydroxylation sites is 1. The van der Waals surface area contributed by atoms with Crippen molar-refractivity contribution in [1.82, 2.24) is 107 Å². The summed E-state index contributed by atoms with van der Waals surface area (Å²) < 4.78 is 37.8. The van der Waals surface area contributed by atoms with Gasteiger partial charge in [0.1, 0.15) is 32.8 Å². The zero-order chi connectivity index (χ0) is 77.3. The smallest absolute Gasteiger partial charge is 0.744 e. The van der Waals surface area contributed by atoms with Crippen LogP contribution in [0.15, 0.2) is 120 Å². The molecule has 5 aromatic carbocycles.